The summed E-state index contributed by atoms with van der Waals surface area (Å²) in [6.07, 6.45) is 3.42. The van der Waals surface area contributed by atoms with Crippen LogP contribution in [0.2, 0.25) is 0 Å². The van der Waals surface area contributed by atoms with Crippen LogP contribution >= 0.6 is 0 Å². The van der Waals surface area contributed by atoms with Crippen LogP contribution in [0.4, 0.5) is 5.69 Å². The first-order chi connectivity index (χ1) is 17.7. The average molecular weight is 488 g/mol. The van der Waals surface area contributed by atoms with E-state index in [-0.39, 0.29) is 5.78 Å². The number of nitrogens with zero attached hydrogens (tertiary/aromatic N) is 1. The van der Waals surface area contributed by atoms with Crippen molar-refractivity contribution in [3.05, 3.63) is 89.5 Å². The van der Waals surface area contributed by atoms with E-state index in [1.807, 2.05) is 86.7 Å². The van der Waals surface area contributed by atoms with Crippen LogP contribution in [0.5, 0.6) is 17.2 Å². The van der Waals surface area contributed by atoms with Gasteiger partial charge in [-0.3, -0.25) is 4.79 Å². The summed E-state index contributed by atoms with van der Waals surface area (Å²) < 4.78 is 22.7. The van der Waals surface area contributed by atoms with Crippen LogP contribution in [0.25, 0.3) is 6.08 Å². The van der Waals surface area contributed by atoms with E-state index in [1.54, 1.807) is 6.08 Å². The van der Waals surface area contributed by atoms with Crippen LogP contribution in [0.1, 0.15) is 35.3 Å². The average Bonchev–Trinajstić information content (AvgIpc) is 2.93. The van der Waals surface area contributed by atoms with Crippen LogP contribution in [-0.2, 0) is 11.3 Å². The van der Waals surface area contributed by atoms with Crippen molar-refractivity contribution in [3.8, 4) is 17.2 Å². The molecule has 188 valence electrons. The van der Waals surface area contributed by atoms with Gasteiger partial charge < -0.3 is 23.8 Å². The highest BCUT2D eigenvalue weighted by Crippen LogP contribution is 2.29. The van der Waals surface area contributed by atoms with Crippen LogP contribution in [0, 0.1) is 0 Å². The van der Waals surface area contributed by atoms with Crippen LogP contribution in [0.15, 0.2) is 72.8 Å². The highest BCUT2D eigenvalue weighted by molar-refractivity contribution is 6.07. The lowest BCUT2D eigenvalue weighted by Crippen LogP contribution is -2.36. The van der Waals surface area contributed by atoms with Crippen LogP contribution in [-0.4, -0.2) is 45.3 Å². The molecule has 3 aromatic rings. The summed E-state index contributed by atoms with van der Waals surface area (Å²) >= 11 is 0. The van der Waals surface area contributed by atoms with Gasteiger partial charge in [0.05, 0.1) is 26.4 Å². The molecule has 3 aromatic carbocycles. The highest BCUT2D eigenvalue weighted by atomic mass is 16.5. The molecule has 0 aromatic heterocycles. The van der Waals surface area contributed by atoms with E-state index < -0.39 is 0 Å². The number of rotatable bonds is 11. The molecule has 0 aliphatic carbocycles. The van der Waals surface area contributed by atoms with Gasteiger partial charge in [0.2, 0.25) is 0 Å². The second-order valence-electron chi connectivity index (χ2n) is 8.35. The van der Waals surface area contributed by atoms with Gasteiger partial charge in [0.25, 0.3) is 0 Å². The summed E-state index contributed by atoms with van der Waals surface area (Å²) in [5.74, 6) is 2.14. The van der Waals surface area contributed by atoms with E-state index in [4.69, 9.17) is 18.9 Å². The van der Waals surface area contributed by atoms with Crippen molar-refractivity contribution in [1.29, 1.82) is 0 Å². The number of allylic oxidation sites excluding steroid dienone is 1. The standard InChI is InChI=1S/C30H33NO5/c1-3-34-29-15-9-24(21-30(29)35-4-2)22-36-27-7-5-6-23(20-27)8-14-28(32)25-10-12-26(13-11-25)31-16-18-33-19-17-31/h5-15,20-21H,3-4,16-19,22H2,1-2H3/b14-8+. The lowest BCUT2D eigenvalue weighted by molar-refractivity contribution is 0.104. The molecule has 6 heteroatoms. The lowest BCUT2D eigenvalue weighted by atomic mass is 10.1. The molecule has 1 saturated heterocycles. The summed E-state index contributed by atoms with van der Waals surface area (Å²) in [5.41, 5.74) is 3.66. The third-order valence-electron chi connectivity index (χ3n) is 5.83. The van der Waals surface area contributed by atoms with Crippen molar-refractivity contribution in [1.82, 2.24) is 0 Å². The Morgan fingerprint density at radius 1 is 0.889 bits per heavy atom. The smallest absolute Gasteiger partial charge is 0.185 e. The number of anilines is 1. The van der Waals surface area contributed by atoms with E-state index in [0.29, 0.717) is 31.1 Å². The fourth-order valence-electron chi connectivity index (χ4n) is 3.99. The van der Waals surface area contributed by atoms with Gasteiger partial charge in [-0.1, -0.05) is 24.3 Å². The second kappa shape index (κ2) is 12.8. The minimum absolute atomic E-state index is 0.0345. The number of carbonyl (C=O) groups excluding carboxylic acids is 1. The van der Waals surface area contributed by atoms with Gasteiger partial charge in [0.15, 0.2) is 17.3 Å². The molecule has 0 atom stereocenters. The number of hydrogen-bond donors (Lipinski definition) is 0. The molecule has 1 fully saturated rings. The molecular weight excluding hydrogens is 454 g/mol. The maximum atomic E-state index is 12.7. The SMILES string of the molecule is CCOc1ccc(COc2cccc(/C=C/C(=O)c3ccc(N4CCOCC4)cc3)c2)cc1OCC. The van der Waals surface area contributed by atoms with Gasteiger partial charge >= 0.3 is 0 Å². The third-order valence-corrected chi connectivity index (χ3v) is 5.83. The molecule has 4 rings (SSSR count). The van der Waals surface area contributed by atoms with E-state index in [0.717, 1.165) is 54.6 Å². The predicted molar refractivity (Wildman–Crippen MR) is 142 cm³/mol. The Balaban J connectivity index is 1.35. The Kier molecular flexibility index (Phi) is 9.00. The normalized spacial score (nSPS) is 13.6. The lowest BCUT2D eigenvalue weighted by Gasteiger charge is -2.28. The molecule has 0 saturated carbocycles. The van der Waals surface area contributed by atoms with Crippen molar-refractivity contribution in [3.63, 3.8) is 0 Å². The summed E-state index contributed by atoms with van der Waals surface area (Å²) in [6.45, 7) is 8.66. The number of ether oxygens (including phenoxy) is 4. The van der Waals surface area contributed by atoms with Gasteiger partial charge in [-0.2, -0.15) is 0 Å². The second-order valence-corrected chi connectivity index (χ2v) is 8.35. The predicted octanol–water partition coefficient (Wildman–Crippen LogP) is 5.80. The van der Waals surface area contributed by atoms with Crippen LogP contribution in [0.3, 0.4) is 0 Å². The highest BCUT2D eigenvalue weighted by Gasteiger charge is 2.12. The maximum Gasteiger partial charge on any atom is 0.185 e. The first-order valence-corrected chi connectivity index (χ1v) is 12.4. The zero-order chi connectivity index (χ0) is 25.2. The van der Waals surface area contributed by atoms with Crippen molar-refractivity contribution < 1.29 is 23.7 Å². The van der Waals surface area contributed by atoms with Gasteiger partial charge in [0.1, 0.15) is 12.4 Å². The molecule has 36 heavy (non-hydrogen) atoms. The summed E-state index contributed by atoms with van der Waals surface area (Å²) in [6, 6.07) is 21.3. The van der Waals surface area contributed by atoms with Gasteiger partial charge in [-0.25, -0.2) is 0 Å². The molecule has 0 N–H and O–H groups in total. The van der Waals surface area contributed by atoms with Gasteiger partial charge in [-0.05, 0) is 79.6 Å². The van der Waals surface area contributed by atoms with Crippen LogP contribution < -0.4 is 19.1 Å². The molecule has 1 aliphatic rings. The van der Waals surface area contributed by atoms with Crippen molar-refractivity contribution in [2.45, 2.75) is 20.5 Å². The Morgan fingerprint density at radius 3 is 2.39 bits per heavy atom. The summed E-state index contributed by atoms with van der Waals surface area (Å²) in [7, 11) is 0. The quantitative estimate of drug-likeness (QED) is 0.252. The zero-order valence-corrected chi connectivity index (χ0v) is 20.9. The molecule has 1 aliphatic heterocycles. The fraction of sp³-hybridized carbons (Fsp3) is 0.300. The van der Waals surface area contributed by atoms with Crippen molar-refractivity contribution >= 4 is 17.5 Å². The molecular formula is C30H33NO5. The summed E-state index contributed by atoms with van der Waals surface area (Å²) in [4.78, 5) is 15.0. The van der Waals surface area contributed by atoms with E-state index in [1.165, 1.54) is 0 Å². The minimum atomic E-state index is -0.0345. The van der Waals surface area contributed by atoms with Crippen molar-refractivity contribution in [2.75, 3.05) is 44.4 Å². The number of morpholine rings is 1. The zero-order valence-electron chi connectivity index (χ0n) is 20.9. The Labute approximate surface area is 213 Å². The molecule has 0 radical (unpaired) electrons. The van der Waals surface area contributed by atoms with Crippen molar-refractivity contribution in [2.24, 2.45) is 0 Å². The Bertz CT molecular complexity index is 1170. The monoisotopic (exact) mass is 487 g/mol. The number of carbonyl (C=O) groups is 1. The maximum absolute atomic E-state index is 12.7. The number of benzene rings is 3. The third kappa shape index (κ3) is 6.89. The fourth-order valence-corrected chi connectivity index (χ4v) is 3.99. The van der Waals surface area contributed by atoms with E-state index in [9.17, 15) is 4.79 Å². The molecule has 0 spiro atoms. The first kappa shape index (κ1) is 25.3. The molecule has 0 amide bonds. The molecule has 6 nitrogen and oxygen atoms in total. The van der Waals surface area contributed by atoms with E-state index in [2.05, 4.69) is 4.90 Å². The molecule has 1 heterocycles. The number of ketones is 1. The van der Waals surface area contributed by atoms with Gasteiger partial charge in [-0.15, -0.1) is 0 Å². The molecule has 0 bridgehead atoms. The molecule has 0 unspecified atom stereocenters. The largest absolute Gasteiger partial charge is 0.490 e. The summed E-state index contributed by atoms with van der Waals surface area (Å²) in [5, 5.41) is 0. The minimum Gasteiger partial charge on any atom is -0.490 e. The first-order valence-electron chi connectivity index (χ1n) is 12.4. The Hall–Kier alpha value is -3.77. The van der Waals surface area contributed by atoms with Gasteiger partial charge in [0, 0.05) is 24.3 Å². The van der Waals surface area contributed by atoms with E-state index >= 15 is 0 Å². The topological polar surface area (TPSA) is 57.2 Å². The number of hydrogen-bond acceptors (Lipinski definition) is 6. The Morgan fingerprint density at radius 2 is 1.64 bits per heavy atom.